The number of nitrogens with one attached hydrogen (secondary N) is 2. The molecule has 317 valence electrons. The zero-order chi connectivity index (χ0) is 41.9. The summed E-state index contributed by atoms with van der Waals surface area (Å²) in [5.74, 6) is -3.33. The number of aromatic hydroxyl groups is 2. The molecular formula is C34H30CoN7O14S4+. The fraction of sp³-hybridized carbons (Fsp3) is 0.0588. The van der Waals surface area contributed by atoms with Gasteiger partial charge in [0.2, 0.25) is 51.3 Å². The minimum Gasteiger partial charge on any atom is -0.506 e. The minimum absolute atomic E-state index is 0. The average Bonchev–Trinajstić information content (AvgIpc) is 3.66. The van der Waals surface area contributed by atoms with Gasteiger partial charge in [-0.05, 0) is 36.4 Å². The summed E-state index contributed by atoms with van der Waals surface area (Å²) in [4.78, 5) is 24.4. The molecule has 8 rings (SSSR count). The number of hydrazone groups is 2. The number of primary sulfonamides is 2. The normalized spacial score (nSPS) is 18.3. The van der Waals surface area contributed by atoms with Gasteiger partial charge in [0.15, 0.2) is 23.3 Å². The molecule has 60 heavy (non-hydrogen) atoms. The Hall–Kier alpha value is -5.97. The van der Waals surface area contributed by atoms with Gasteiger partial charge in [-0.15, -0.1) is 0 Å². The Labute approximate surface area is 351 Å². The van der Waals surface area contributed by atoms with Crippen molar-refractivity contribution in [1.29, 1.82) is 0 Å². The van der Waals surface area contributed by atoms with Gasteiger partial charge in [0.05, 0.1) is 21.2 Å². The Morgan fingerprint density at radius 2 is 0.917 bits per heavy atom. The number of allylic oxidation sites excluding steroid dienone is 2. The van der Waals surface area contributed by atoms with Crippen molar-refractivity contribution in [1.82, 2.24) is 6.15 Å². The summed E-state index contributed by atoms with van der Waals surface area (Å²) >= 11 is 0. The number of carbonyl (C=O) groups is 2. The van der Waals surface area contributed by atoms with Gasteiger partial charge in [-0.1, -0.05) is 48.5 Å². The van der Waals surface area contributed by atoms with Crippen LogP contribution in [0.1, 0.15) is 31.8 Å². The molecule has 4 aromatic carbocycles. The maximum absolute atomic E-state index is 12.9. The van der Waals surface area contributed by atoms with Gasteiger partial charge in [-0.2, -0.15) is 10.2 Å². The summed E-state index contributed by atoms with van der Waals surface area (Å²) in [6.45, 7) is 0. The van der Waals surface area contributed by atoms with Gasteiger partial charge < -0.3 is 25.8 Å². The summed E-state index contributed by atoms with van der Waals surface area (Å²) in [7, 11) is -16.0. The number of sulfone groups is 2. The number of phenolic OH excluding ortho intramolecular Hbond substituents is 2. The quantitative estimate of drug-likeness (QED) is 0.107. The van der Waals surface area contributed by atoms with Crippen LogP contribution in [0.25, 0.3) is 11.5 Å². The van der Waals surface area contributed by atoms with E-state index in [1.165, 1.54) is 12.1 Å². The number of quaternary nitrogens is 1. The molecule has 26 heteroatoms. The van der Waals surface area contributed by atoms with E-state index in [1.807, 2.05) is 0 Å². The van der Waals surface area contributed by atoms with Crippen molar-refractivity contribution in [3.8, 4) is 11.5 Å². The molecule has 2 heterocycles. The molecule has 0 aromatic heterocycles. The van der Waals surface area contributed by atoms with E-state index < -0.39 is 74.6 Å². The molecule has 21 nitrogen and oxygen atoms in total. The number of fused-ring (bicyclic) bond motifs is 4. The van der Waals surface area contributed by atoms with E-state index in [-0.39, 0.29) is 88.0 Å². The van der Waals surface area contributed by atoms with E-state index in [1.54, 1.807) is 36.4 Å². The molecule has 2 aliphatic heterocycles. The number of carbonyl (C=O) groups excluding carboxylic acids is 2. The average molecular weight is 948 g/mol. The fourth-order valence-electron chi connectivity index (χ4n) is 5.93. The van der Waals surface area contributed by atoms with Crippen LogP contribution in [0.2, 0.25) is 0 Å². The molecule has 0 bridgehead atoms. The first-order valence-electron chi connectivity index (χ1n) is 16.1. The Balaban J connectivity index is 0.000000220. The zero-order valence-corrected chi connectivity index (χ0v) is 34.6. The first-order chi connectivity index (χ1) is 27.2. The minimum atomic E-state index is -4.06. The number of anilines is 2. The van der Waals surface area contributed by atoms with Gasteiger partial charge in [0.25, 0.3) is 0 Å². The third-order valence-electron chi connectivity index (χ3n) is 8.61. The van der Waals surface area contributed by atoms with Crippen molar-refractivity contribution in [3.63, 3.8) is 0 Å². The van der Waals surface area contributed by atoms with Crippen LogP contribution in [-0.4, -0.2) is 78.8 Å². The molecule has 2 aliphatic carbocycles. The van der Waals surface area contributed by atoms with Crippen LogP contribution in [0.3, 0.4) is 0 Å². The number of hydrogen-bond acceptors (Lipinski definition) is 18. The van der Waals surface area contributed by atoms with Gasteiger partial charge in [0.1, 0.15) is 32.8 Å². The van der Waals surface area contributed by atoms with E-state index >= 15 is 0 Å². The summed E-state index contributed by atoms with van der Waals surface area (Å²) in [6, 6.07) is 19.0. The van der Waals surface area contributed by atoms with E-state index in [0.29, 0.717) is 11.1 Å². The summed E-state index contributed by atoms with van der Waals surface area (Å²) in [5, 5.41) is 37.7. The van der Waals surface area contributed by atoms with Crippen molar-refractivity contribution in [2.45, 2.75) is 9.79 Å². The number of phenols is 2. The standard InChI is InChI=1S/2C17H13N3O7S2.Co.H3N/c2*18-29(25,26)9-5-6-13(21)12(7-9)19-20-14-15(22)10-3-1-2-4-11(10)16-17(14)28(23,24)8-27-16;;/h2*1-7,19,21H,8H2,(H2,18,25,26);;1H3/p+1/b2*20-14+;;. The monoisotopic (exact) mass is 947 g/mol. The van der Waals surface area contributed by atoms with E-state index in [4.69, 9.17) is 19.8 Å². The maximum Gasteiger partial charge on any atom is 0.238 e. The number of sulfonamides is 2. The topological polar surface area (TPSA) is 367 Å². The zero-order valence-electron chi connectivity index (χ0n) is 30.3. The second kappa shape index (κ2) is 16.2. The largest absolute Gasteiger partial charge is 0.506 e. The summed E-state index contributed by atoms with van der Waals surface area (Å²) < 4.78 is 106. The Bertz CT molecular complexity index is 2910. The second-order valence-electron chi connectivity index (χ2n) is 12.4. The van der Waals surface area contributed by atoms with Crippen molar-refractivity contribution >= 4 is 85.6 Å². The molecule has 0 spiro atoms. The van der Waals surface area contributed by atoms with Gasteiger partial charge in [-0.25, -0.2) is 43.9 Å². The SMILES string of the molecule is NS(=O)(=O)c1ccc(O)c(N/N=C2\C(=O)c3ccccc3C3=C2S(=O)(=O)CO3)c1.NS(=O)(=O)c1ccc(O)c(N/N=C2\C(=O)c3ccccc3C3=C2S(=O)(=O)CO3)c1.[Co].[NH4+]. The smallest absolute Gasteiger partial charge is 0.238 e. The first-order valence-corrected chi connectivity index (χ1v) is 22.5. The molecule has 1 radical (unpaired) electrons. The predicted octanol–water partition coefficient (Wildman–Crippen LogP) is 1.92. The second-order valence-corrected chi connectivity index (χ2v) is 19.3. The van der Waals surface area contributed by atoms with Crippen LogP contribution < -0.4 is 27.3 Å². The number of nitrogens with two attached hydrogens (primary N) is 2. The van der Waals surface area contributed by atoms with Crippen molar-refractivity contribution < 1.29 is 79.7 Å². The van der Waals surface area contributed by atoms with E-state index in [9.17, 15) is 53.5 Å². The van der Waals surface area contributed by atoms with Gasteiger partial charge in [0, 0.05) is 39.0 Å². The van der Waals surface area contributed by atoms with E-state index in [2.05, 4.69) is 21.1 Å². The molecule has 0 fully saturated rings. The predicted molar refractivity (Wildman–Crippen MR) is 212 cm³/mol. The fourth-order valence-corrected chi connectivity index (χ4v) is 9.56. The van der Waals surface area contributed by atoms with Crippen LogP contribution in [0.4, 0.5) is 11.4 Å². The van der Waals surface area contributed by atoms with Crippen LogP contribution in [0.15, 0.2) is 115 Å². The molecular weight excluding hydrogens is 918 g/mol. The molecule has 4 aliphatic rings. The molecule has 12 N–H and O–H groups in total. The number of Topliss-reactive ketones (excluding diaryl/α,β-unsaturated/α-hetero) is 2. The number of ketones is 2. The molecule has 0 atom stereocenters. The van der Waals surface area contributed by atoms with Crippen LogP contribution in [0.5, 0.6) is 11.5 Å². The van der Waals surface area contributed by atoms with Crippen molar-refractivity contribution in [2.75, 3.05) is 22.7 Å². The van der Waals surface area contributed by atoms with E-state index in [0.717, 1.165) is 36.4 Å². The summed E-state index contributed by atoms with van der Waals surface area (Å²) in [6.07, 6.45) is 0. The van der Waals surface area contributed by atoms with Crippen molar-refractivity contribution in [3.05, 3.63) is 117 Å². The molecule has 0 saturated heterocycles. The number of rotatable bonds is 6. The molecule has 4 aromatic rings. The number of ether oxygens (including phenoxy) is 2. The Morgan fingerprint density at radius 3 is 1.25 bits per heavy atom. The van der Waals surface area contributed by atoms with Gasteiger partial charge >= 0.3 is 0 Å². The van der Waals surface area contributed by atoms with Gasteiger partial charge in [-0.3, -0.25) is 20.4 Å². The number of nitrogens with zero attached hydrogens (tertiary/aromatic N) is 2. The number of hydrogen-bond donors (Lipinski definition) is 7. The molecule has 0 saturated carbocycles. The Morgan fingerprint density at radius 1 is 0.583 bits per heavy atom. The number of benzene rings is 4. The maximum atomic E-state index is 12.9. The van der Waals surface area contributed by atoms with Crippen LogP contribution in [0, 0.1) is 0 Å². The first kappa shape index (κ1) is 45.1. The Kier molecular flexibility index (Phi) is 12.2. The third-order valence-corrected chi connectivity index (χ3v) is 13.3. The third kappa shape index (κ3) is 8.26. The van der Waals surface area contributed by atoms with Crippen LogP contribution >= 0.6 is 0 Å². The summed E-state index contributed by atoms with van der Waals surface area (Å²) in [5.41, 5.74) is 4.54. The molecule has 0 amide bonds. The van der Waals surface area contributed by atoms with Crippen molar-refractivity contribution in [2.24, 2.45) is 20.5 Å². The van der Waals surface area contributed by atoms with Crippen LogP contribution in [-0.2, 0) is 66.0 Å². The molecule has 0 unspecified atom stereocenters.